The average molecular weight is 191 g/mol. The highest BCUT2D eigenvalue weighted by atomic mass is 16.3. The lowest BCUT2D eigenvalue weighted by molar-refractivity contribution is 0.478. The fraction of sp³-hybridized carbons (Fsp3) is 0.300. The van der Waals surface area contributed by atoms with Crippen LogP contribution in [-0.2, 0) is 6.54 Å². The first-order valence-corrected chi connectivity index (χ1v) is 4.49. The monoisotopic (exact) mass is 191 g/mol. The highest BCUT2D eigenvalue weighted by molar-refractivity contribution is 5.31. The number of nitrogens with two attached hydrogens (primary N) is 1. The van der Waals surface area contributed by atoms with Gasteiger partial charge in [0.2, 0.25) is 0 Å². The van der Waals surface area contributed by atoms with E-state index < -0.39 is 0 Å². The lowest BCUT2D eigenvalue weighted by atomic mass is 10.3. The van der Waals surface area contributed by atoms with Crippen molar-refractivity contribution in [1.29, 1.82) is 0 Å². The second-order valence-corrected chi connectivity index (χ2v) is 3.40. The lowest BCUT2D eigenvalue weighted by Crippen LogP contribution is -2.05. The number of hydrogen-bond acceptors (Lipinski definition) is 3. The smallest absolute Gasteiger partial charge is 0.128 e. The van der Waals surface area contributed by atoms with E-state index in [9.17, 15) is 0 Å². The molecule has 0 radical (unpaired) electrons. The Morgan fingerprint density at radius 1 is 1.50 bits per heavy atom. The first-order valence-electron chi connectivity index (χ1n) is 4.49. The van der Waals surface area contributed by atoms with Gasteiger partial charge in [-0.2, -0.15) is 5.10 Å². The summed E-state index contributed by atoms with van der Waals surface area (Å²) in [6.45, 7) is 4.52. The van der Waals surface area contributed by atoms with Gasteiger partial charge in [0.25, 0.3) is 0 Å². The van der Waals surface area contributed by atoms with Crippen molar-refractivity contribution >= 4 is 5.82 Å². The van der Waals surface area contributed by atoms with Gasteiger partial charge in [0.15, 0.2) is 0 Å². The quantitative estimate of drug-likeness (QED) is 0.786. The van der Waals surface area contributed by atoms with Crippen LogP contribution in [0.4, 0.5) is 5.82 Å². The molecule has 0 unspecified atom stereocenters. The lowest BCUT2D eigenvalue weighted by Gasteiger charge is -2.01. The third kappa shape index (κ3) is 1.51. The number of rotatable bonds is 2. The van der Waals surface area contributed by atoms with Gasteiger partial charge in [-0.1, -0.05) is 0 Å². The number of nitrogens with zero attached hydrogens (tertiary/aromatic N) is 2. The molecule has 0 saturated heterocycles. The minimum atomic E-state index is 0.596. The number of aromatic nitrogens is 2. The average Bonchev–Trinajstić information content (AvgIpc) is 2.62. The van der Waals surface area contributed by atoms with Crippen LogP contribution in [0, 0.1) is 13.8 Å². The predicted octanol–water partition coefficient (Wildman–Crippen LogP) is 1.72. The molecule has 14 heavy (non-hydrogen) atoms. The van der Waals surface area contributed by atoms with Gasteiger partial charge in [-0.05, 0) is 25.5 Å². The van der Waals surface area contributed by atoms with Crippen LogP contribution in [0.25, 0.3) is 0 Å². The van der Waals surface area contributed by atoms with E-state index in [0.29, 0.717) is 12.4 Å². The van der Waals surface area contributed by atoms with Crippen molar-refractivity contribution in [1.82, 2.24) is 9.78 Å². The molecule has 0 aliphatic carbocycles. The molecule has 0 saturated carbocycles. The molecule has 0 aliphatic heterocycles. The van der Waals surface area contributed by atoms with Crippen molar-refractivity contribution in [3.8, 4) is 0 Å². The summed E-state index contributed by atoms with van der Waals surface area (Å²) in [5, 5.41) is 4.26. The molecule has 0 aliphatic rings. The van der Waals surface area contributed by atoms with E-state index in [0.717, 1.165) is 17.0 Å². The predicted molar refractivity (Wildman–Crippen MR) is 53.9 cm³/mol. The molecule has 4 nitrogen and oxygen atoms in total. The molecule has 0 atom stereocenters. The maximum Gasteiger partial charge on any atom is 0.128 e. The maximum absolute atomic E-state index is 5.77. The van der Waals surface area contributed by atoms with E-state index in [1.54, 1.807) is 10.9 Å². The summed E-state index contributed by atoms with van der Waals surface area (Å²) in [7, 11) is 0. The van der Waals surface area contributed by atoms with Gasteiger partial charge in [-0.25, -0.2) is 4.68 Å². The molecule has 0 fully saturated rings. The van der Waals surface area contributed by atoms with E-state index in [1.165, 1.54) is 0 Å². The molecule has 2 aromatic rings. The molecular weight excluding hydrogens is 178 g/mol. The standard InChI is InChI=1S/C10H13N3O/c1-7-3-4-14-9(7)6-13-10(11)5-8(2)12-13/h3-5H,6,11H2,1-2H3. The zero-order valence-electron chi connectivity index (χ0n) is 8.32. The Labute approximate surface area is 82.3 Å². The maximum atomic E-state index is 5.77. The molecule has 2 heterocycles. The van der Waals surface area contributed by atoms with Crippen molar-refractivity contribution < 1.29 is 4.42 Å². The van der Waals surface area contributed by atoms with E-state index in [2.05, 4.69) is 5.10 Å². The van der Waals surface area contributed by atoms with Gasteiger partial charge in [-0.15, -0.1) is 0 Å². The summed E-state index contributed by atoms with van der Waals surface area (Å²) in [6.07, 6.45) is 1.68. The molecule has 0 bridgehead atoms. The van der Waals surface area contributed by atoms with Gasteiger partial charge < -0.3 is 10.2 Å². The van der Waals surface area contributed by atoms with Crippen LogP contribution < -0.4 is 5.73 Å². The Morgan fingerprint density at radius 3 is 2.79 bits per heavy atom. The first kappa shape index (κ1) is 8.87. The summed E-state index contributed by atoms with van der Waals surface area (Å²) in [5.41, 5.74) is 7.81. The van der Waals surface area contributed by atoms with Crippen LogP contribution in [0.2, 0.25) is 0 Å². The third-order valence-corrected chi connectivity index (χ3v) is 2.19. The van der Waals surface area contributed by atoms with Crippen molar-refractivity contribution in [2.75, 3.05) is 5.73 Å². The SMILES string of the molecule is Cc1cc(N)n(Cc2occc2C)n1. The highest BCUT2D eigenvalue weighted by Gasteiger charge is 2.06. The van der Waals surface area contributed by atoms with Gasteiger partial charge in [0.05, 0.1) is 12.0 Å². The Hall–Kier alpha value is -1.71. The van der Waals surface area contributed by atoms with E-state index in [-0.39, 0.29) is 0 Å². The number of hydrogen-bond donors (Lipinski definition) is 1. The van der Waals surface area contributed by atoms with E-state index in [1.807, 2.05) is 26.0 Å². The minimum Gasteiger partial charge on any atom is -0.467 e. The summed E-state index contributed by atoms with van der Waals surface area (Å²) >= 11 is 0. The Balaban J connectivity index is 2.27. The second-order valence-electron chi connectivity index (χ2n) is 3.40. The zero-order chi connectivity index (χ0) is 10.1. The molecule has 2 rings (SSSR count). The molecule has 2 aromatic heterocycles. The Kier molecular flexibility index (Phi) is 2.04. The van der Waals surface area contributed by atoms with Crippen LogP contribution in [0.1, 0.15) is 17.0 Å². The molecule has 0 amide bonds. The largest absolute Gasteiger partial charge is 0.467 e. The third-order valence-electron chi connectivity index (χ3n) is 2.19. The molecule has 74 valence electrons. The molecule has 0 aromatic carbocycles. The highest BCUT2D eigenvalue weighted by Crippen LogP contribution is 2.13. The normalized spacial score (nSPS) is 10.7. The van der Waals surface area contributed by atoms with Gasteiger partial charge in [-0.3, -0.25) is 0 Å². The number of anilines is 1. The van der Waals surface area contributed by atoms with Crippen LogP contribution in [0.15, 0.2) is 22.8 Å². The zero-order valence-corrected chi connectivity index (χ0v) is 8.32. The number of nitrogen functional groups attached to an aromatic ring is 1. The fourth-order valence-corrected chi connectivity index (χ4v) is 1.39. The number of aryl methyl sites for hydroxylation is 2. The number of furan rings is 1. The molecule has 0 spiro atoms. The minimum absolute atomic E-state index is 0.596. The first-order chi connectivity index (χ1) is 6.66. The second kappa shape index (κ2) is 3.21. The van der Waals surface area contributed by atoms with Gasteiger partial charge >= 0.3 is 0 Å². The Morgan fingerprint density at radius 2 is 2.29 bits per heavy atom. The van der Waals surface area contributed by atoms with Crippen molar-refractivity contribution in [2.24, 2.45) is 0 Å². The summed E-state index contributed by atoms with van der Waals surface area (Å²) < 4.78 is 7.05. The topological polar surface area (TPSA) is 57.0 Å². The summed E-state index contributed by atoms with van der Waals surface area (Å²) in [4.78, 5) is 0. The van der Waals surface area contributed by atoms with E-state index in [4.69, 9.17) is 10.2 Å². The van der Waals surface area contributed by atoms with Crippen LogP contribution >= 0.6 is 0 Å². The molecule has 2 N–H and O–H groups in total. The summed E-state index contributed by atoms with van der Waals surface area (Å²) in [5.74, 6) is 1.57. The van der Waals surface area contributed by atoms with Crippen molar-refractivity contribution in [2.45, 2.75) is 20.4 Å². The van der Waals surface area contributed by atoms with E-state index >= 15 is 0 Å². The van der Waals surface area contributed by atoms with Crippen LogP contribution in [0.3, 0.4) is 0 Å². The van der Waals surface area contributed by atoms with Crippen molar-refractivity contribution in [3.05, 3.63) is 35.4 Å². The molecule has 4 heteroatoms. The van der Waals surface area contributed by atoms with Gasteiger partial charge in [0, 0.05) is 6.07 Å². The fourth-order valence-electron chi connectivity index (χ4n) is 1.39. The Bertz CT molecular complexity index is 442. The molecular formula is C10H13N3O. The van der Waals surface area contributed by atoms with Crippen LogP contribution in [0.5, 0.6) is 0 Å². The van der Waals surface area contributed by atoms with Gasteiger partial charge in [0.1, 0.15) is 18.1 Å². The summed E-state index contributed by atoms with van der Waals surface area (Å²) in [6, 6.07) is 3.78. The van der Waals surface area contributed by atoms with Crippen LogP contribution in [-0.4, -0.2) is 9.78 Å². The van der Waals surface area contributed by atoms with Crippen molar-refractivity contribution in [3.63, 3.8) is 0 Å².